The average Bonchev–Trinajstić information content (AvgIpc) is 2.95. The Hall–Kier alpha value is -1.72. The molecule has 1 aromatic carbocycles. The lowest BCUT2D eigenvalue weighted by atomic mass is 9.88. The first-order valence-corrected chi connectivity index (χ1v) is 8.14. The minimum Gasteiger partial charge on any atom is -0.381 e. The fourth-order valence-corrected chi connectivity index (χ4v) is 3.44. The number of hydrogen-bond donors (Lipinski definition) is 1. The quantitative estimate of drug-likeness (QED) is 0.922. The number of nitrogens with zero attached hydrogens (tertiary/aromatic N) is 2. The van der Waals surface area contributed by atoms with Gasteiger partial charge in [-0.1, -0.05) is 12.1 Å². The van der Waals surface area contributed by atoms with E-state index in [9.17, 15) is 4.39 Å². The van der Waals surface area contributed by atoms with E-state index in [1.54, 1.807) is 7.11 Å². The highest BCUT2D eigenvalue weighted by atomic mass is 19.1. The molecule has 0 bridgehead atoms. The number of H-pyrrole nitrogens is 1. The molecule has 1 aliphatic heterocycles. The van der Waals surface area contributed by atoms with Crippen LogP contribution in [0.2, 0.25) is 0 Å². The summed E-state index contributed by atoms with van der Waals surface area (Å²) >= 11 is 0. The van der Waals surface area contributed by atoms with E-state index in [0.717, 1.165) is 38.2 Å². The Bertz CT molecular complexity index is 625. The molecule has 1 fully saturated rings. The van der Waals surface area contributed by atoms with Crippen LogP contribution in [0.15, 0.2) is 30.5 Å². The topological polar surface area (TPSA) is 41.1 Å². The third kappa shape index (κ3) is 3.98. The van der Waals surface area contributed by atoms with E-state index >= 15 is 0 Å². The Labute approximate surface area is 136 Å². The van der Waals surface area contributed by atoms with Crippen molar-refractivity contribution in [3.63, 3.8) is 0 Å². The summed E-state index contributed by atoms with van der Waals surface area (Å²) in [5.41, 5.74) is 3.55. The first-order chi connectivity index (χ1) is 11.2. The monoisotopic (exact) mass is 317 g/mol. The molecule has 0 unspecified atom stereocenters. The molecule has 0 spiro atoms. The maximum atomic E-state index is 13.1. The molecule has 2 atom stereocenters. The van der Waals surface area contributed by atoms with E-state index in [-0.39, 0.29) is 11.9 Å². The maximum Gasteiger partial charge on any atom is 0.123 e. The lowest BCUT2D eigenvalue weighted by Gasteiger charge is -2.38. The minimum atomic E-state index is -0.183. The molecule has 0 amide bonds. The number of likely N-dealkylation sites (tertiary alicyclic amines) is 1. The number of ether oxygens (including phenoxy) is 1. The Balaban J connectivity index is 1.66. The third-order valence-corrected chi connectivity index (χ3v) is 4.79. The average molecular weight is 317 g/mol. The molecule has 0 aliphatic carbocycles. The Morgan fingerprint density at radius 1 is 1.35 bits per heavy atom. The fourth-order valence-electron chi connectivity index (χ4n) is 3.44. The second kappa shape index (κ2) is 7.23. The Kier molecular flexibility index (Phi) is 5.08. The summed E-state index contributed by atoms with van der Waals surface area (Å²) in [7, 11) is 1.79. The van der Waals surface area contributed by atoms with Crippen LogP contribution in [0.25, 0.3) is 0 Å². The van der Waals surface area contributed by atoms with Crippen LogP contribution in [0.5, 0.6) is 0 Å². The second-order valence-corrected chi connectivity index (χ2v) is 6.41. The number of benzene rings is 1. The predicted octanol–water partition coefficient (Wildman–Crippen LogP) is 2.94. The summed E-state index contributed by atoms with van der Waals surface area (Å²) in [5, 5.41) is 7.10. The molecule has 1 N–H and O–H groups in total. The van der Waals surface area contributed by atoms with Crippen LogP contribution in [-0.4, -0.2) is 41.4 Å². The van der Waals surface area contributed by atoms with E-state index in [4.69, 9.17) is 4.74 Å². The first-order valence-electron chi connectivity index (χ1n) is 8.14. The number of halogens is 1. The highest BCUT2D eigenvalue weighted by molar-refractivity contribution is 5.18. The molecule has 2 aromatic rings. The summed E-state index contributed by atoms with van der Waals surface area (Å²) in [6.07, 6.45) is 4.12. The minimum absolute atomic E-state index is 0.183. The van der Waals surface area contributed by atoms with Crippen molar-refractivity contribution < 1.29 is 9.13 Å². The van der Waals surface area contributed by atoms with Crippen molar-refractivity contribution in [1.82, 2.24) is 15.1 Å². The molecular formula is C18H24FN3O. The lowest BCUT2D eigenvalue weighted by Crippen LogP contribution is -2.44. The lowest BCUT2D eigenvalue weighted by molar-refractivity contribution is -0.00852. The molecule has 5 heteroatoms. The van der Waals surface area contributed by atoms with Gasteiger partial charge in [0.2, 0.25) is 0 Å². The molecule has 1 aromatic heterocycles. The second-order valence-electron chi connectivity index (χ2n) is 6.41. The van der Waals surface area contributed by atoms with Crippen LogP contribution in [0, 0.1) is 18.7 Å². The van der Waals surface area contributed by atoms with Crippen molar-refractivity contribution in [2.75, 3.05) is 20.2 Å². The summed E-state index contributed by atoms with van der Waals surface area (Å²) < 4.78 is 18.8. The van der Waals surface area contributed by atoms with Crippen molar-refractivity contribution in [2.45, 2.75) is 32.4 Å². The number of rotatable bonds is 5. The van der Waals surface area contributed by atoms with Gasteiger partial charge in [0.15, 0.2) is 0 Å². The first kappa shape index (κ1) is 16.1. The van der Waals surface area contributed by atoms with Gasteiger partial charge in [-0.05, 0) is 37.5 Å². The van der Waals surface area contributed by atoms with Crippen LogP contribution in [-0.2, 0) is 17.7 Å². The van der Waals surface area contributed by atoms with Crippen LogP contribution in [0.1, 0.15) is 23.2 Å². The molecule has 2 heterocycles. The highest BCUT2D eigenvalue weighted by Gasteiger charge is 2.29. The van der Waals surface area contributed by atoms with Gasteiger partial charge in [-0.25, -0.2) is 4.39 Å². The van der Waals surface area contributed by atoms with Gasteiger partial charge in [0.05, 0.1) is 12.3 Å². The zero-order chi connectivity index (χ0) is 16.2. The number of methoxy groups -OCH3 is 1. The molecule has 23 heavy (non-hydrogen) atoms. The molecule has 124 valence electrons. The molecule has 0 radical (unpaired) electrons. The van der Waals surface area contributed by atoms with Crippen molar-refractivity contribution in [3.05, 3.63) is 53.1 Å². The third-order valence-electron chi connectivity index (χ3n) is 4.79. The normalized spacial score (nSPS) is 22.4. The standard InChI is InChI=1S/C18H24FN3O/c1-13-16(10-20-21-13)12-22-8-7-18(23-2)15(11-22)9-14-3-5-17(19)6-4-14/h3-6,10,15,18H,7-9,11-12H2,1-2H3,(H,20,21)/t15-,18+/m1/s1. The number of piperidine rings is 1. The maximum absolute atomic E-state index is 13.1. The van der Waals surface area contributed by atoms with Crippen LogP contribution in [0.4, 0.5) is 4.39 Å². The fraction of sp³-hybridized carbons (Fsp3) is 0.500. The van der Waals surface area contributed by atoms with Crippen LogP contribution >= 0.6 is 0 Å². The number of aryl methyl sites for hydroxylation is 1. The molecule has 0 saturated carbocycles. The molecule has 3 rings (SSSR count). The zero-order valence-corrected chi connectivity index (χ0v) is 13.8. The Morgan fingerprint density at radius 3 is 2.78 bits per heavy atom. The van der Waals surface area contributed by atoms with E-state index < -0.39 is 0 Å². The molecule has 1 saturated heterocycles. The van der Waals surface area contributed by atoms with E-state index in [2.05, 4.69) is 22.0 Å². The number of hydrogen-bond acceptors (Lipinski definition) is 3. The van der Waals surface area contributed by atoms with Gasteiger partial charge in [-0.15, -0.1) is 0 Å². The van der Waals surface area contributed by atoms with Gasteiger partial charge in [0.25, 0.3) is 0 Å². The molecule has 1 aliphatic rings. The van der Waals surface area contributed by atoms with E-state index in [0.29, 0.717) is 5.92 Å². The predicted molar refractivity (Wildman–Crippen MR) is 87.6 cm³/mol. The van der Waals surface area contributed by atoms with E-state index in [1.165, 1.54) is 23.3 Å². The van der Waals surface area contributed by atoms with Gasteiger partial charge in [0, 0.05) is 43.9 Å². The number of nitrogens with one attached hydrogen (secondary N) is 1. The summed E-state index contributed by atoms with van der Waals surface area (Å²) in [5.74, 6) is 0.240. The summed E-state index contributed by atoms with van der Waals surface area (Å²) in [4.78, 5) is 2.46. The van der Waals surface area contributed by atoms with Crippen molar-refractivity contribution >= 4 is 0 Å². The number of aromatic nitrogens is 2. The van der Waals surface area contributed by atoms with Crippen molar-refractivity contribution in [2.24, 2.45) is 5.92 Å². The number of aromatic amines is 1. The van der Waals surface area contributed by atoms with Gasteiger partial charge in [-0.2, -0.15) is 5.10 Å². The van der Waals surface area contributed by atoms with Crippen LogP contribution < -0.4 is 0 Å². The molecule has 4 nitrogen and oxygen atoms in total. The Morgan fingerprint density at radius 2 is 2.13 bits per heavy atom. The smallest absolute Gasteiger partial charge is 0.123 e. The van der Waals surface area contributed by atoms with Gasteiger partial charge >= 0.3 is 0 Å². The van der Waals surface area contributed by atoms with Crippen molar-refractivity contribution in [1.29, 1.82) is 0 Å². The van der Waals surface area contributed by atoms with Crippen LogP contribution in [0.3, 0.4) is 0 Å². The SMILES string of the molecule is CO[C@H]1CCN(Cc2cn[nH]c2C)C[C@H]1Cc1ccc(F)cc1. The van der Waals surface area contributed by atoms with E-state index in [1.807, 2.05) is 18.3 Å². The van der Waals surface area contributed by atoms with Gasteiger partial charge < -0.3 is 4.74 Å². The molecular weight excluding hydrogens is 293 g/mol. The largest absolute Gasteiger partial charge is 0.381 e. The summed E-state index contributed by atoms with van der Waals surface area (Å²) in [6, 6.07) is 6.82. The van der Waals surface area contributed by atoms with Crippen molar-refractivity contribution in [3.8, 4) is 0 Å². The van der Waals surface area contributed by atoms with Gasteiger partial charge in [0.1, 0.15) is 5.82 Å². The highest BCUT2D eigenvalue weighted by Crippen LogP contribution is 2.25. The van der Waals surface area contributed by atoms with Gasteiger partial charge in [-0.3, -0.25) is 10.00 Å². The zero-order valence-electron chi connectivity index (χ0n) is 13.8. The summed E-state index contributed by atoms with van der Waals surface area (Å²) in [6.45, 7) is 4.99.